The fraction of sp³-hybridized carbons (Fsp3) is 1.00. The SMILES string of the molecule is O=N[C@@H]1[C@H](Cl)[C@@H]2C[C@@H]1[C@H]1[C@@H](Cl)[C@@H](Cl)C[C@@H]21. The molecule has 3 aliphatic carbocycles. The Morgan fingerprint density at radius 2 is 1.67 bits per heavy atom. The van der Waals surface area contributed by atoms with E-state index in [-0.39, 0.29) is 28.1 Å². The molecule has 0 saturated heterocycles. The fourth-order valence-electron chi connectivity index (χ4n) is 4.04. The van der Waals surface area contributed by atoms with Crippen molar-refractivity contribution < 1.29 is 0 Å². The number of hydrogen-bond donors (Lipinski definition) is 0. The summed E-state index contributed by atoms with van der Waals surface area (Å²) >= 11 is 18.7. The Hall–Kier alpha value is 0.470. The molecule has 5 heteroatoms. The molecule has 0 N–H and O–H groups in total. The third-order valence-electron chi connectivity index (χ3n) is 4.59. The largest absolute Gasteiger partial charge is 0.150 e. The first-order chi connectivity index (χ1) is 7.15. The van der Waals surface area contributed by atoms with Crippen LogP contribution in [0.4, 0.5) is 0 Å². The molecule has 3 saturated carbocycles. The van der Waals surface area contributed by atoms with E-state index in [9.17, 15) is 4.91 Å². The molecular formula is C10H12Cl3NO. The van der Waals surface area contributed by atoms with E-state index in [1.165, 1.54) is 0 Å². The quantitative estimate of drug-likeness (QED) is 0.530. The van der Waals surface area contributed by atoms with Crippen molar-refractivity contribution in [2.45, 2.75) is 35.0 Å². The van der Waals surface area contributed by atoms with Gasteiger partial charge in [-0.05, 0) is 36.5 Å². The molecule has 2 bridgehead atoms. The number of fused-ring (bicyclic) bond motifs is 5. The monoisotopic (exact) mass is 267 g/mol. The summed E-state index contributed by atoms with van der Waals surface area (Å²) in [5.41, 5.74) is 0. The molecule has 3 rings (SSSR count). The van der Waals surface area contributed by atoms with Gasteiger partial charge in [0.25, 0.3) is 0 Å². The van der Waals surface area contributed by atoms with Crippen molar-refractivity contribution in [1.82, 2.24) is 0 Å². The third kappa shape index (κ3) is 1.25. The van der Waals surface area contributed by atoms with E-state index in [1.807, 2.05) is 0 Å². The molecule has 8 atom stereocenters. The van der Waals surface area contributed by atoms with Crippen LogP contribution in [-0.2, 0) is 0 Å². The topological polar surface area (TPSA) is 29.4 Å². The molecule has 0 amide bonds. The lowest BCUT2D eigenvalue weighted by molar-refractivity contribution is 0.240. The van der Waals surface area contributed by atoms with Gasteiger partial charge in [0, 0.05) is 0 Å². The van der Waals surface area contributed by atoms with Gasteiger partial charge in [-0.25, -0.2) is 0 Å². The predicted octanol–water partition coefficient (Wildman–Crippen LogP) is 3.23. The van der Waals surface area contributed by atoms with Gasteiger partial charge in [-0.2, -0.15) is 4.91 Å². The molecule has 0 heterocycles. The molecular weight excluding hydrogens is 256 g/mol. The van der Waals surface area contributed by atoms with Crippen molar-refractivity contribution in [3.05, 3.63) is 4.91 Å². The van der Waals surface area contributed by atoms with Crippen molar-refractivity contribution in [2.24, 2.45) is 28.8 Å². The van der Waals surface area contributed by atoms with Gasteiger partial charge in [-0.1, -0.05) is 5.18 Å². The maximum absolute atomic E-state index is 10.8. The van der Waals surface area contributed by atoms with Crippen LogP contribution in [0, 0.1) is 28.6 Å². The zero-order valence-corrected chi connectivity index (χ0v) is 10.3. The highest BCUT2D eigenvalue weighted by Crippen LogP contribution is 2.62. The molecule has 2 nitrogen and oxygen atoms in total. The summed E-state index contributed by atoms with van der Waals surface area (Å²) in [5.74, 6) is 1.60. The summed E-state index contributed by atoms with van der Waals surface area (Å²) in [5, 5.41) is 3.15. The number of rotatable bonds is 1. The minimum atomic E-state index is -0.235. The lowest BCUT2D eigenvalue weighted by atomic mass is 9.79. The second-order valence-corrected chi connectivity index (χ2v) is 6.61. The number of hydrogen-bond acceptors (Lipinski definition) is 2. The summed E-state index contributed by atoms with van der Waals surface area (Å²) in [6.45, 7) is 0. The molecule has 0 spiro atoms. The molecule has 0 radical (unpaired) electrons. The highest BCUT2D eigenvalue weighted by atomic mass is 35.5. The molecule has 0 aromatic heterocycles. The lowest BCUT2D eigenvalue weighted by Crippen LogP contribution is -2.38. The third-order valence-corrected chi connectivity index (χ3v) is 6.34. The first kappa shape index (κ1) is 10.6. The van der Waals surface area contributed by atoms with Crippen LogP contribution < -0.4 is 0 Å². The number of nitroso groups, excluding NO2 is 1. The van der Waals surface area contributed by atoms with E-state index in [0.717, 1.165) is 12.8 Å². The van der Waals surface area contributed by atoms with Crippen molar-refractivity contribution in [2.75, 3.05) is 0 Å². The van der Waals surface area contributed by atoms with Crippen LogP contribution in [0.3, 0.4) is 0 Å². The number of nitrogens with zero attached hydrogens (tertiary/aromatic N) is 1. The Labute approximate surface area is 104 Å². The van der Waals surface area contributed by atoms with Crippen LogP contribution >= 0.6 is 34.8 Å². The van der Waals surface area contributed by atoms with E-state index in [0.29, 0.717) is 17.8 Å². The second-order valence-electron chi connectivity index (χ2n) is 5.04. The number of halogens is 3. The fourth-order valence-corrected chi connectivity index (χ4v) is 5.42. The Kier molecular flexibility index (Phi) is 2.46. The zero-order valence-electron chi connectivity index (χ0n) is 8.02. The number of alkyl halides is 3. The van der Waals surface area contributed by atoms with Gasteiger partial charge >= 0.3 is 0 Å². The molecule has 0 aliphatic heterocycles. The average Bonchev–Trinajstić information content (AvgIpc) is 2.79. The van der Waals surface area contributed by atoms with Gasteiger partial charge in [0.1, 0.15) is 6.04 Å². The first-order valence-electron chi connectivity index (χ1n) is 5.40. The van der Waals surface area contributed by atoms with E-state index in [2.05, 4.69) is 5.18 Å². The summed E-state index contributed by atoms with van der Waals surface area (Å²) in [6.07, 6.45) is 1.98. The van der Waals surface area contributed by atoms with Gasteiger partial charge in [0.05, 0.1) is 16.1 Å². The van der Waals surface area contributed by atoms with E-state index < -0.39 is 0 Å². The average molecular weight is 269 g/mol. The summed E-state index contributed by atoms with van der Waals surface area (Å²) in [4.78, 5) is 10.8. The summed E-state index contributed by atoms with van der Waals surface area (Å²) < 4.78 is 0. The molecule has 0 aromatic rings. The highest BCUT2D eigenvalue weighted by Gasteiger charge is 2.63. The van der Waals surface area contributed by atoms with Gasteiger partial charge in [0.2, 0.25) is 0 Å². The Bertz CT molecular complexity index is 300. The van der Waals surface area contributed by atoms with Crippen molar-refractivity contribution in [1.29, 1.82) is 0 Å². The molecule has 0 aromatic carbocycles. The van der Waals surface area contributed by atoms with E-state index in [4.69, 9.17) is 34.8 Å². The predicted molar refractivity (Wildman–Crippen MR) is 61.7 cm³/mol. The van der Waals surface area contributed by atoms with E-state index >= 15 is 0 Å². The van der Waals surface area contributed by atoms with Crippen molar-refractivity contribution in [3.63, 3.8) is 0 Å². The maximum atomic E-state index is 10.8. The zero-order chi connectivity index (χ0) is 10.7. The van der Waals surface area contributed by atoms with Crippen LogP contribution in [0.15, 0.2) is 5.18 Å². The second kappa shape index (κ2) is 3.48. The van der Waals surface area contributed by atoms with Crippen LogP contribution in [0.25, 0.3) is 0 Å². The lowest BCUT2D eigenvalue weighted by Gasteiger charge is -2.32. The molecule has 0 unspecified atom stereocenters. The van der Waals surface area contributed by atoms with Crippen molar-refractivity contribution in [3.8, 4) is 0 Å². The Morgan fingerprint density at radius 3 is 2.33 bits per heavy atom. The standard InChI is InChI=1S/C10H12Cl3NO/c11-6-2-3-4-1-5(7(3)9(6)13)10(14-15)8(4)12/h3-10H,1-2H2/t3-,4+,5+,6-,7-,8+,9-,10-/m0/s1. The molecule has 3 aliphatic rings. The minimum Gasteiger partial charge on any atom is -0.150 e. The molecule has 15 heavy (non-hydrogen) atoms. The van der Waals surface area contributed by atoms with Gasteiger partial charge in [0.15, 0.2) is 0 Å². The first-order valence-corrected chi connectivity index (χ1v) is 6.70. The van der Waals surface area contributed by atoms with Gasteiger partial charge in [-0.15, -0.1) is 34.8 Å². The maximum Gasteiger partial charge on any atom is 0.112 e. The summed E-state index contributed by atoms with van der Waals surface area (Å²) in [6, 6.07) is -0.235. The molecule has 84 valence electrons. The normalized spacial score (nSPS) is 62.1. The van der Waals surface area contributed by atoms with Crippen LogP contribution in [-0.4, -0.2) is 22.2 Å². The summed E-state index contributed by atoms with van der Waals surface area (Å²) in [7, 11) is 0. The highest BCUT2D eigenvalue weighted by molar-refractivity contribution is 6.30. The Morgan fingerprint density at radius 1 is 0.933 bits per heavy atom. The van der Waals surface area contributed by atoms with Crippen molar-refractivity contribution >= 4 is 34.8 Å². The smallest absolute Gasteiger partial charge is 0.112 e. The van der Waals surface area contributed by atoms with Crippen LogP contribution in [0.1, 0.15) is 12.8 Å². The van der Waals surface area contributed by atoms with Gasteiger partial charge < -0.3 is 0 Å². The van der Waals surface area contributed by atoms with Crippen LogP contribution in [0.5, 0.6) is 0 Å². The Balaban J connectivity index is 1.92. The van der Waals surface area contributed by atoms with E-state index in [1.54, 1.807) is 0 Å². The molecule has 3 fully saturated rings. The minimum absolute atomic E-state index is 0.0000772. The van der Waals surface area contributed by atoms with Gasteiger partial charge in [-0.3, -0.25) is 0 Å². The van der Waals surface area contributed by atoms with Crippen LogP contribution in [0.2, 0.25) is 0 Å².